The molecule has 6 heteroatoms. The van der Waals surface area contributed by atoms with Gasteiger partial charge in [0.25, 0.3) is 0 Å². The van der Waals surface area contributed by atoms with Gasteiger partial charge in [0.05, 0.1) is 23.9 Å². The van der Waals surface area contributed by atoms with Crippen LogP contribution < -0.4 is 9.47 Å². The first-order valence-electron chi connectivity index (χ1n) is 9.74. The molecule has 0 unspecified atom stereocenters. The molecule has 0 bridgehead atoms. The third kappa shape index (κ3) is 4.80. The number of aromatic nitrogens is 1. The summed E-state index contributed by atoms with van der Waals surface area (Å²) in [6, 6.07) is 22.1. The van der Waals surface area contributed by atoms with E-state index < -0.39 is 5.97 Å². The van der Waals surface area contributed by atoms with E-state index in [-0.39, 0.29) is 19.0 Å². The van der Waals surface area contributed by atoms with Gasteiger partial charge >= 0.3 is 5.97 Å². The smallest absolute Gasteiger partial charge is 0.339 e. The number of esters is 1. The van der Waals surface area contributed by atoms with E-state index in [2.05, 4.69) is 4.98 Å². The summed E-state index contributed by atoms with van der Waals surface area (Å²) in [5, 5.41) is 0.689. The molecule has 156 valence electrons. The first-order valence-corrected chi connectivity index (χ1v) is 9.74. The van der Waals surface area contributed by atoms with Gasteiger partial charge in [-0.05, 0) is 60.7 Å². The minimum Gasteiger partial charge on any atom is -0.497 e. The average Bonchev–Trinajstić information content (AvgIpc) is 2.82. The third-order valence-corrected chi connectivity index (χ3v) is 4.72. The molecule has 0 saturated carbocycles. The number of ether oxygens (including phenoxy) is 3. The van der Waals surface area contributed by atoms with Crippen LogP contribution in [0.15, 0.2) is 78.9 Å². The van der Waals surface area contributed by atoms with Gasteiger partial charge in [0.1, 0.15) is 30.5 Å². The summed E-state index contributed by atoms with van der Waals surface area (Å²) in [5.74, 6) is 0.589. The molecular weight excluding hydrogens is 397 g/mol. The number of methoxy groups -OCH3 is 1. The minimum atomic E-state index is -0.472. The lowest BCUT2D eigenvalue weighted by molar-refractivity contribution is 0.0452. The first kappa shape index (κ1) is 20.3. The highest BCUT2D eigenvalue weighted by Gasteiger charge is 2.15. The molecule has 31 heavy (non-hydrogen) atoms. The van der Waals surface area contributed by atoms with Crippen molar-refractivity contribution in [3.8, 4) is 22.8 Å². The molecule has 4 aromatic rings. The zero-order chi connectivity index (χ0) is 21.6. The first-order chi connectivity index (χ1) is 15.1. The summed E-state index contributed by atoms with van der Waals surface area (Å²) in [4.78, 5) is 17.4. The predicted molar refractivity (Wildman–Crippen MR) is 116 cm³/mol. The van der Waals surface area contributed by atoms with Crippen molar-refractivity contribution in [3.05, 3.63) is 90.2 Å². The Morgan fingerprint density at radius 2 is 1.61 bits per heavy atom. The van der Waals surface area contributed by atoms with E-state index in [9.17, 15) is 9.18 Å². The monoisotopic (exact) mass is 417 g/mol. The summed E-state index contributed by atoms with van der Waals surface area (Å²) in [7, 11) is 1.60. The Labute approximate surface area is 179 Å². The van der Waals surface area contributed by atoms with E-state index in [1.807, 2.05) is 24.3 Å². The lowest BCUT2D eigenvalue weighted by atomic mass is 10.0. The molecule has 0 aliphatic heterocycles. The van der Waals surface area contributed by atoms with Gasteiger partial charge in [-0.25, -0.2) is 14.2 Å². The van der Waals surface area contributed by atoms with Gasteiger partial charge in [0, 0.05) is 10.9 Å². The SMILES string of the molecule is COc1ccc(OCCOC(=O)c2cc(-c3ccc(F)cc3)nc3ccccc23)cc1. The quantitative estimate of drug-likeness (QED) is 0.302. The molecule has 3 aromatic carbocycles. The maximum Gasteiger partial charge on any atom is 0.339 e. The minimum absolute atomic E-state index is 0.0907. The molecule has 0 aliphatic rings. The largest absolute Gasteiger partial charge is 0.497 e. The van der Waals surface area contributed by atoms with Gasteiger partial charge in [-0.2, -0.15) is 0 Å². The molecule has 0 saturated heterocycles. The van der Waals surface area contributed by atoms with Gasteiger partial charge in [0.2, 0.25) is 0 Å². The zero-order valence-electron chi connectivity index (χ0n) is 16.9. The Hall–Kier alpha value is -3.93. The standard InChI is InChI=1S/C25H20FNO4/c1-29-19-10-12-20(13-11-19)30-14-15-31-25(28)22-16-24(17-6-8-18(26)9-7-17)27-23-5-3-2-4-21(22)23/h2-13,16H,14-15H2,1H3. The Bertz CT molecular complexity index is 1190. The Balaban J connectivity index is 1.49. The fraction of sp³-hybridized carbons (Fsp3) is 0.120. The average molecular weight is 417 g/mol. The second-order valence-electron chi connectivity index (χ2n) is 6.74. The third-order valence-electron chi connectivity index (χ3n) is 4.72. The Kier molecular flexibility index (Phi) is 6.08. The zero-order valence-corrected chi connectivity index (χ0v) is 16.9. The van der Waals surface area contributed by atoms with E-state index in [1.165, 1.54) is 12.1 Å². The second-order valence-corrected chi connectivity index (χ2v) is 6.74. The summed E-state index contributed by atoms with van der Waals surface area (Å²) in [5.41, 5.74) is 2.34. The van der Waals surface area contributed by atoms with Crippen molar-refractivity contribution in [1.82, 2.24) is 4.98 Å². The van der Waals surface area contributed by atoms with Crippen LogP contribution in [0, 0.1) is 5.82 Å². The number of pyridine rings is 1. The van der Waals surface area contributed by atoms with Crippen LogP contribution >= 0.6 is 0 Å². The highest BCUT2D eigenvalue weighted by molar-refractivity contribution is 6.04. The van der Waals surface area contributed by atoms with E-state index in [0.29, 0.717) is 33.5 Å². The topological polar surface area (TPSA) is 57.7 Å². The normalized spacial score (nSPS) is 10.6. The fourth-order valence-corrected chi connectivity index (χ4v) is 3.16. The number of hydrogen-bond donors (Lipinski definition) is 0. The number of para-hydroxylation sites is 1. The number of hydrogen-bond acceptors (Lipinski definition) is 5. The maximum absolute atomic E-state index is 13.3. The van der Waals surface area contributed by atoms with Gasteiger partial charge in [-0.15, -0.1) is 0 Å². The van der Waals surface area contributed by atoms with Crippen molar-refractivity contribution in [1.29, 1.82) is 0 Å². The molecule has 0 aliphatic carbocycles. The van der Waals surface area contributed by atoms with Crippen LogP contribution in [0.2, 0.25) is 0 Å². The van der Waals surface area contributed by atoms with Crippen LogP contribution in [0.4, 0.5) is 4.39 Å². The lowest BCUT2D eigenvalue weighted by Gasteiger charge is -2.11. The summed E-state index contributed by atoms with van der Waals surface area (Å²) in [6.07, 6.45) is 0. The predicted octanol–water partition coefficient (Wildman–Crippen LogP) is 5.29. The van der Waals surface area contributed by atoms with Crippen molar-refractivity contribution >= 4 is 16.9 Å². The molecule has 4 rings (SSSR count). The van der Waals surface area contributed by atoms with Crippen molar-refractivity contribution in [3.63, 3.8) is 0 Å². The highest BCUT2D eigenvalue weighted by Crippen LogP contribution is 2.25. The van der Waals surface area contributed by atoms with Crippen LogP contribution in [0.1, 0.15) is 10.4 Å². The van der Waals surface area contributed by atoms with Crippen LogP contribution in [0.25, 0.3) is 22.2 Å². The molecule has 1 aromatic heterocycles. The lowest BCUT2D eigenvalue weighted by Crippen LogP contribution is -2.13. The molecule has 0 atom stereocenters. The van der Waals surface area contributed by atoms with Gasteiger partial charge in [0.15, 0.2) is 0 Å². The number of halogens is 1. The fourth-order valence-electron chi connectivity index (χ4n) is 3.16. The Morgan fingerprint density at radius 1 is 0.903 bits per heavy atom. The second kappa shape index (κ2) is 9.26. The van der Waals surface area contributed by atoms with E-state index >= 15 is 0 Å². The summed E-state index contributed by atoms with van der Waals surface area (Å²) >= 11 is 0. The van der Waals surface area contributed by atoms with Gasteiger partial charge in [-0.3, -0.25) is 0 Å². The molecular formula is C25H20FNO4. The number of benzene rings is 3. The summed E-state index contributed by atoms with van der Waals surface area (Å²) < 4.78 is 29.4. The van der Waals surface area contributed by atoms with Crippen molar-refractivity contribution in [2.45, 2.75) is 0 Å². The van der Waals surface area contributed by atoms with Crippen molar-refractivity contribution in [2.75, 3.05) is 20.3 Å². The molecule has 0 N–H and O–H groups in total. The van der Waals surface area contributed by atoms with E-state index in [0.717, 1.165) is 5.75 Å². The molecule has 1 heterocycles. The van der Waals surface area contributed by atoms with Crippen LogP contribution in [-0.2, 0) is 4.74 Å². The highest BCUT2D eigenvalue weighted by atomic mass is 19.1. The molecule has 5 nitrogen and oxygen atoms in total. The summed E-state index contributed by atoms with van der Waals surface area (Å²) in [6.45, 7) is 0.305. The van der Waals surface area contributed by atoms with Gasteiger partial charge in [-0.1, -0.05) is 18.2 Å². The molecule has 0 radical (unpaired) electrons. The van der Waals surface area contributed by atoms with Crippen molar-refractivity contribution < 1.29 is 23.4 Å². The van der Waals surface area contributed by atoms with Gasteiger partial charge < -0.3 is 14.2 Å². The number of rotatable bonds is 7. The van der Waals surface area contributed by atoms with Crippen molar-refractivity contribution in [2.24, 2.45) is 0 Å². The molecule has 0 spiro atoms. The number of nitrogens with zero attached hydrogens (tertiary/aromatic N) is 1. The molecule has 0 fully saturated rings. The van der Waals surface area contributed by atoms with E-state index in [4.69, 9.17) is 14.2 Å². The number of carbonyl (C=O) groups excluding carboxylic acids is 1. The number of carbonyl (C=O) groups is 1. The van der Waals surface area contributed by atoms with Crippen LogP contribution in [-0.4, -0.2) is 31.3 Å². The number of fused-ring (bicyclic) bond motifs is 1. The maximum atomic E-state index is 13.3. The van der Waals surface area contributed by atoms with Crippen LogP contribution in [0.3, 0.4) is 0 Å². The van der Waals surface area contributed by atoms with Crippen LogP contribution in [0.5, 0.6) is 11.5 Å². The Morgan fingerprint density at radius 3 is 2.35 bits per heavy atom. The molecule has 0 amide bonds. The van der Waals surface area contributed by atoms with E-state index in [1.54, 1.807) is 49.6 Å².